The molecule has 21 heavy (non-hydrogen) atoms. The van der Waals surface area contributed by atoms with E-state index in [1.807, 2.05) is 36.5 Å². The molecule has 1 aliphatic rings. The van der Waals surface area contributed by atoms with Gasteiger partial charge in [0.2, 0.25) is 5.91 Å². The number of aromatic nitrogens is 1. The quantitative estimate of drug-likeness (QED) is 0.906. The van der Waals surface area contributed by atoms with Gasteiger partial charge in [0.05, 0.1) is 5.69 Å². The molecule has 106 valence electrons. The van der Waals surface area contributed by atoms with Crippen LogP contribution in [0.2, 0.25) is 0 Å². The molecule has 0 saturated heterocycles. The monoisotopic (exact) mass is 279 g/mol. The van der Waals surface area contributed by atoms with Gasteiger partial charge in [0, 0.05) is 29.8 Å². The van der Waals surface area contributed by atoms with Crippen LogP contribution < -0.4 is 11.1 Å². The lowest BCUT2D eigenvalue weighted by molar-refractivity contribution is 0.0999. The van der Waals surface area contributed by atoms with Gasteiger partial charge in [0.1, 0.15) is 0 Å². The molecule has 4 heteroatoms. The minimum Gasteiger partial charge on any atom is -0.391 e. The molecule has 1 amide bonds. The van der Waals surface area contributed by atoms with Gasteiger partial charge < -0.3 is 11.1 Å². The first-order valence-electron chi connectivity index (χ1n) is 7.00. The fourth-order valence-electron chi connectivity index (χ4n) is 2.79. The maximum atomic E-state index is 11.8. The second-order valence-corrected chi connectivity index (χ2v) is 5.09. The van der Waals surface area contributed by atoms with Crippen LogP contribution in [-0.4, -0.2) is 17.4 Å². The fraction of sp³-hybridized carbons (Fsp3) is 0.176. The Morgan fingerprint density at radius 3 is 2.81 bits per heavy atom. The van der Waals surface area contributed by atoms with Crippen molar-refractivity contribution >= 4 is 5.91 Å². The fourth-order valence-corrected chi connectivity index (χ4v) is 2.79. The average molecular weight is 279 g/mol. The van der Waals surface area contributed by atoms with Crippen LogP contribution in [0, 0.1) is 0 Å². The van der Waals surface area contributed by atoms with Gasteiger partial charge in [0.25, 0.3) is 0 Å². The summed E-state index contributed by atoms with van der Waals surface area (Å²) in [4.78, 5) is 16.2. The zero-order chi connectivity index (χ0) is 14.7. The molecular weight excluding hydrogens is 262 g/mol. The van der Waals surface area contributed by atoms with Gasteiger partial charge in [-0.2, -0.15) is 0 Å². The Morgan fingerprint density at radius 2 is 2.14 bits per heavy atom. The molecule has 3 N–H and O–H groups in total. The van der Waals surface area contributed by atoms with Gasteiger partial charge in [0.15, 0.2) is 0 Å². The molecule has 0 aliphatic carbocycles. The van der Waals surface area contributed by atoms with E-state index >= 15 is 0 Å². The molecular formula is C17H17N3O. The number of nitrogens with two attached hydrogens (primary N) is 1. The Labute approximate surface area is 123 Å². The first kappa shape index (κ1) is 13.4. The van der Waals surface area contributed by atoms with E-state index in [9.17, 15) is 4.79 Å². The van der Waals surface area contributed by atoms with Crippen molar-refractivity contribution < 1.29 is 4.79 Å². The van der Waals surface area contributed by atoms with Gasteiger partial charge in [-0.3, -0.25) is 9.78 Å². The summed E-state index contributed by atoms with van der Waals surface area (Å²) in [5, 5.41) is 3.23. The number of carbonyl (C=O) groups is 1. The normalized spacial score (nSPS) is 17.2. The number of hydrogen-bond donors (Lipinski definition) is 2. The highest BCUT2D eigenvalue weighted by Crippen LogP contribution is 2.33. The molecule has 1 unspecified atom stereocenters. The molecule has 1 atom stereocenters. The number of amides is 1. The summed E-state index contributed by atoms with van der Waals surface area (Å²) in [5.41, 5.74) is 8.99. The third-order valence-corrected chi connectivity index (χ3v) is 3.74. The molecule has 0 spiro atoms. The number of benzene rings is 1. The number of nitrogens with zero attached hydrogens (tertiary/aromatic N) is 1. The lowest BCUT2D eigenvalue weighted by Gasteiger charge is -2.24. The zero-order valence-electron chi connectivity index (χ0n) is 11.6. The summed E-state index contributed by atoms with van der Waals surface area (Å²) in [6.45, 7) is 0.792. The number of hydrogen-bond acceptors (Lipinski definition) is 3. The standard InChI is InChI=1S/C17H17N3O/c18-17(21)14-7-3-6-13(15-8-1-2-10-20-15)16(14)12-5-4-9-19-11-12/h1-4,6-10,12,19H,5,11H2,(H2,18,21). The maximum absolute atomic E-state index is 11.8. The topological polar surface area (TPSA) is 68.0 Å². The van der Waals surface area contributed by atoms with Crippen LogP contribution in [0.4, 0.5) is 0 Å². The lowest BCUT2D eigenvalue weighted by Crippen LogP contribution is -2.24. The minimum atomic E-state index is -0.391. The van der Waals surface area contributed by atoms with Crippen molar-refractivity contribution in [1.82, 2.24) is 10.3 Å². The largest absolute Gasteiger partial charge is 0.391 e. The van der Waals surface area contributed by atoms with Crippen LogP contribution in [0.5, 0.6) is 0 Å². The summed E-state index contributed by atoms with van der Waals surface area (Å²) >= 11 is 0. The summed E-state index contributed by atoms with van der Waals surface area (Å²) in [6, 6.07) is 11.4. The van der Waals surface area contributed by atoms with Gasteiger partial charge in [-0.1, -0.05) is 24.3 Å². The predicted molar refractivity (Wildman–Crippen MR) is 82.7 cm³/mol. The molecule has 1 aromatic heterocycles. The average Bonchev–Trinajstić information content (AvgIpc) is 2.55. The Balaban J connectivity index is 2.17. The highest BCUT2D eigenvalue weighted by molar-refractivity contribution is 5.96. The van der Waals surface area contributed by atoms with E-state index in [4.69, 9.17) is 5.73 Å². The van der Waals surface area contributed by atoms with Crippen molar-refractivity contribution in [3.8, 4) is 11.3 Å². The number of carbonyl (C=O) groups excluding carboxylic acids is 1. The van der Waals surface area contributed by atoms with Crippen molar-refractivity contribution in [1.29, 1.82) is 0 Å². The lowest BCUT2D eigenvalue weighted by atomic mass is 9.85. The van der Waals surface area contributed by atoms with Crippen molar-refractivity contribution in [2.24, 2.45) is 5.73 Å². The first-order valence-corrected chi connectivity index (χ1v) is 7.00. The van der Waals surface area contributed by atoms with Crippen molar-refractivity contribution in [2.75, 3.05) is 6.54 Å². The summed E-state index contributed by atoms with van der Waals surface area (Å²) in [7, 11) is 0. The van der Waals surface area contributed by atoms with E-state index in [1.165, 1.54) is 0 Å². The second-order valence-electron chi connectivity index (χ2n) is 5.09. The van der Waals surface area contributed by atoms with Gasteiger partial charge >= 0.3 is 0 Å². The zero-order valence-corrected chi connectivity index (χ0v) is 11.6. The Hall–Kier alpha value is -2.62. The number of nitrogens with one attached hydrogen (secondary N) is 1. The molecule has 1 aliphatic heterocycles. The van der Waals surface area contributed by atoms with Gasteiger partial charge in [-0.15, -0.1) is 0 Å². The minimum absolute atomic E-state index is 0.218. The Kier molecular flexibility index (Phi) is 3.69. The third kappa shape index (κ3) is 2.65. The third-order valence-electron chi connectivity index (χ3n) is 3.74. The smallest absolute Gasteiger partial charge is 0.249 e. The van der Waals surface area contributed by atoms with Gasteiger partial charge in [-0.05, 0) is 36.4 Å². The van der Waals surface area contributed by atoms with Crippen LogP contribution in [0.3, 0.4) is 0 Å². The number of allylic oxidation sites excluding steroid dienone is 1. The van der Waals surface area contributed by atoms with Crippen molar-refractivity contribution in [3.05, 3.63) is 66.0 Å². The SMILES string of the molecule is NC(=O)c1cccc(-c2ccccn2)c1C1CC=CNC1. The van der Waals surface area contributed by atoms with E-state index in [-0.39, 0.29) is 5.92 Å². The first-order chi connectivity index (χ1) is 10.3. The van der Waals surface area contributed by atoms with Crippen LogP contribution in [0.1, 0.15) is 28.3 Å². The molecule has 0 saturated carbocycles. The van der Waals surface area contributed by atoms with Crippen molar-refractivity contribution in [3.63, 3.8) is 0 Å². The van der Waals surface area contributed by atoms with E-state index in [2.05, 4.69) is 16.4 Å². The Morgan fingerprint density at radius 1 is 1.24 bits per heavy atom. The summed E-state index contributed by atoms with van der Waals surface area (Å²) in [6.07, 6.45) is 6.67. The molecule has 3 rings (SSSR count). The molecule has 1 aromatic carbocycles. The number of primary amides is 1. The van der Waals surface area contributed by atoms with Crippen LogP contribution in [-0.2, 0) is 0 Å². The van der Waals surface area contributed by atoms with E-state index in [0.717, 1.165) is 29.8 Å². The Bertz CT molecular complexity index is 680. The molecule has 0 radical (unpaired) electrons. The van der Waals surface area contributed by atoms with Crippen LogP contribution in [0.15, 0.2) is 54.9 Å². The van der Waals surface area contributed by atoms with E-state index in [0.29, 0.717) is 5.56 Å². The molecule has 4 nitrogen and oxygen atoms in total. The van der Waals surface area contributed by atoms with Gasteiger partial charge in [-0.25, -0.2) is 0 Å². The number of rotatable bonds is 3. The molecule has 0 bridgehead atoms. The molecule has 2 aromatic rings. The highest BCUT2D eigenvalue weighted by atomic mass is 16.1. The van der Waals surface area contributed by atoms with E-state index in [1.54, 1.807) is 12.3 Å². The highest BCUT2D eigenvalue weighted by Gasteiger charge is 2.22. The predicted octanol–water partition coefficient (Wildman–Crippen LogP) is 2.44. The molecule has 0 fully saturated rings. The van der Waals surface area contributed by atoms with Crippen LogP contribution >= 0.6 is 0 Å². The number of pyridine rings is 1. The molecule has 2 heterocycles. The summed E-state index contributed by atoms with van der Waals surface area (Å²) < 4.78 is 0. The van der Waals surface area contributed by atoms with E-state index < -0.39 is 5.91 Å². The summed E-state index contributed by atoms with van der Waals surface area (Å²) in [5.74, 6) is -0.173. The van der Waals surface area contributed by atoms with Crippen molar-refractivity contribution in [2.45, 2.75) is 12.3 Å². The second kappa shape index (κ2) is 5.79. The maximum Gasteiger partial charge on any atom is 0.249 e. The van der Waals surface area contributed by atoms with Crippen LogP contribution in [0.25, 0.3) is 11.3 Å².